The highest BCUT2D eigenvalue weighted by atomic mass is 16.5. The molecule has 10 rings (SSSR count). The number of ether oxygens (including phenoxy) is 6. The van der Waals surface area contributed by atoms with Crippen LogP contribution in [0, 0.1) is 20.8 Å². The lowest BCUT2D eigenvalue weighted by atomic mass is 9.94. The zero-order valence-electron chi connectivity index (χ0n) is 41.2. The van der Waals surface area contributed by atoms with E-state index in [0.29, 0.717) is 73.6 Å². The van der Waals surface area contributed by atoms with Crippen LogP contribution in [0.15, 0.2) is 146 Å². The van der Waals surface area contributed by atoms with E-state index < -0.39 is 0 Å². The molecule has 0 saturated carbocycles. The van der Waals surface area contributed by atoms with E-state index in [1.165, 1.54) is 0 Å². The molecule has 0 aliphatic heterocycles. The summed E-state index contributed by atoms with van der Waals surface area (Å²) in [6.07, 6.45) is 12.6. The quantitative estimate of drug-likeness (QED) is 0.0968. The SMILES string of the molecule is COc1cc2c(cc1OCc1ccnc(-c3cc(C)ccn3)c1)Cc1cc(OC)c(OCc3ccnc(-c4cc(C)ccn4)c3)cc1Cc1cc(OC)c(OCc3ccnc(-c4cc(C)ccn4)c3)cc1C2. The molecule has 0 unspecified atom stereocenters. The van der Waals surface area contributed by atoms with Gasteiger partial charge in [0.05, 0.1) is 55.5 Å². The van der Waals surface area contributed by atoms with Crippen LogP contribution in [-0.2, 0) is 39.1 Å². The topological polar surface area (TPSA) is 133 Å². The van der Waals surface area contributed by atoms with Gasteiger partial charge in [-0.1, -0.05) is 0 Å². The summed E-state index contributed by atoms with van der Waals surface area (Å²) in [5.41, 5.74) is 17.5. The first-order valence-corrected chi connectivity index (χ1v) is 23.8. The summed E-state index contributed by atoms with van der Waals surface area (Å²) in [4.78, 5) is 27.5. The van der Waals surface area contributed by atoms with Crippen LogP contribution in [0.3, 0.4) is 0 Å². The number of hydrogen-bond donors (Lipinski definition) is 0. The molecule has 0 spiro atoms. The number of aromatic nitrogens is 6. The summed E-state index contributed by atoms with van der Waals surface area (Å²) in [6.45, 7) is 7.03. The van der Waals surface area contributed by atoms with Crippen LogP contribution in [0.2, 0.25) is 0 Å². The summed E-state index contributed by atoms with van der Waals surface area (Å²) in [6, 6.07) is 36.6. The van der Waals surface area contributed by atoms with Gasteiger partial charge >= 0.3 is 0 Å². The van der Waals surface area contributed by atoms with Crippen molar-refractivity contribution in [1.82, 2.24) is 29.9 Å². The van der Waals surface area contributed by atoms with Gasteiger partial charge < -0.3 is 28.4 Å². The predicted octanol–water partition coefficient (Wildman–Crippen LogP) is 11.8. The van der Waals surface area contributed by atoms with Crippen LogP contribution >= 0.6 is 0 Å². The van der Waals surface area contributed by atoms with Crippen LogP contribution in [0.5, 0.6) is 34.5 Å². The summed E-state index contributed by atoms with van der Waals surface area (Å²) in [5, 5.41) is 0. The molecule has 1 aliphatic rings. The van der Waals surface area contributed by atoms with Crippen molar-refractivity contribution in [2.75, 3.05) is 21.3 Å². The Hall–Kier alpha value is -8.64. The number of methoxy groups -OCH3 is 3. The molecule has 1 aliphatic carbocycles. The Morgan fingerprint density at radius 3 is 0.792 bits per heavy atom. The van der Waals surface area contributed by atoms with Crippen molar-refractivity contribution in [2.24, 2.45) is 0 Å². The van der Waals surface area contributed by atoms with Crippen LogP contribution in [0.1, 0.15) is 66.8 Å². The fourth-order valence-corrected chi connectivity index (χ4v) is 8.98. The van der Waals surface area contributed by atoms with E-state index in [2.05, 4.69) is 66.3 Å². The minimum Gasteiger partial charge on any atom is -0.493 e. The third-order valence-electron chi connectivity index (χ3n) is 12.8. The lowest BCUT2D eigenvalue weighted by molar-refractivity contribution is 0.283. The van der Waals surface area contributed by atoms with Gasteiger partial charge in [0.25, 0.3) is 0 Å². The minimum absolute atomic E-state index is 0.297. The lowest BCUT2D eigenvalue weighted by Crippen LogP contribution is -2.04. The first kappa shape index (κ1) is 47.1. The number of rotatable bonds is 15. The molecular formula is C60H54N6O6. The molecule has 0 atom stereocenters. The van der Waals surface area contributed by atoms with Crippen molar-refractivity contribution in [3.05, 3.63) is 213 Å². The highest BCUT2D eigenvalue weighted by molar-refractivity contribution is 5.60. The number of fused-ring (bicyclic) bond motifs is 3. The highest BCUT2D eigenvalue weighted by Gasteiger charge is 2.23. The van der Waals surface area contributed by atoms with Gasteiger partial charge in [0.1, 0.15) is 19.8 Å². The molecule has 3 aromatic carbocycles. The Bertz CT molecular complexity index is 3080. The zero-order valence-corrected chi connectivity index (χ0v) is 41.2. The molecule has 12 nitrogen and oxygen atoms in total. The molecule has 0 radical (unpaired) electrons. The van der Waals surface area contributed by atoms with E-state index in [0.717, 1.165) is 101 Å². The Morgan fingerprint density at radius 1 is 0.306 bits per heavy atom. The molecule has 6 heterocycles. The van der Waals surface area contributed by atoms with Gasteiger partial charge in [0.15, 0.2) is 34.5 Å². The maximum absolute atomic E-state index is 6.63. The lowest BCUT2D eigenvalue weighted by Gasteiger charge is -2.18. The monoisotopic (exact) mass is 954 g/mol. The number of benzene rings is 3. The fraction of sp³-hybridized carbons (Fsp3) is 0.200. The van der Waals surface area contributed by atoms with E-state index in [-0.39, 0.29) is 0 Å². The molecule has 0 amide bonds. The van der Waals surface area contributed by atoms with Crippen LogP contribution in [-0.4, -0.2) is 51.2 Å². The zero-order chi connectivity index (χ0) is 49.6. The molecule has 0 fully saturated rings. The molecule has 0 N–H and O–H groups in total. The van der Waals surface area contributed by atoms with E-state index in [1.807, 2.05) is 93.6 Å². The Kier molecular flexibility index (Phi) is 13.8. The number of pyridine rings is 6. The molecule has 0 saturated heterocycles. The van der Waals surface area contributed by atoms with Crippen molar-refractivity contribution >= 4 is 0 Å². The largest absolute Gasteiger partial charge is 0.493 e. The second-order valence-corrected chi connectivity index (χ2v) is 18.0. The molecule has 12 heteroatoms. The summed E-state index contributed by atoms with van der Waals surface area (Å²) >= 11 is 0. The molecule has 72 heavy (non-hydrogen) atoms. The second kappa shape index (κ2) is 21.2. The van der Waals surface area contributed by atoms with Gasteiger partial charge in [-0.3, -0.25) is 29.9 Å². The summed E-state index contributed by atoms with van der Waals surface area (Å²) < 4.78 is 38.1. The first-order chi connectivity index (χ1) is 35.2. The molecular weight excluding hydrogens is 901 g/mol. The molecule has 360 valence electrons. The van der Waals surface area contributed by atoms with Crippen molar-refractivity contribution in [1.29, 1.82) is 0 Å². The van der Waals surface area contributed by atoms with Gasteiger partial charge in [-0.2, -0.15) is 0 Å². The molecule has 0 bridgehead atoms. The number of hydrogen-bond acceptors (Lipinski definition) is 12. The maximum atomic E-state index is 6.63. The molecule has 9 aromatic rings. The van der Waals surface area contributed by atoms with Crippen LogP contribution < -0.4 is 28.4 Å². The van der Waals surface area contributed by atoms with Crippen LogP contribution in [0.25, 0.3) is 34.2 Å². The van der Waals surface area contributed by atoms with E-state index in [1.54, 1.807) is 58.5 Å². The van der Waals surface area contributed by atoms with Crippen molar-refractivity contribution in [3.63, 3.8) is 0 Å². The fourth-order valence-electron chi connectivity index (χ4n) is 8.98. The van der Waals surface area contributed by atoms with Gasteiger partial charge in [0.2, 0.25) is 0 Å². The summed E-state index contributed by atoms with van der Waals surface area (Å²) in [7, 11) is 5.03. The number of nitrogens with zero attached hydrogens (tertiary/aromatic N) is 6. The Morgan fingerprint density at radius 2 is 0.542 bits per heavy atom. The maximum Gasteiger partial charge on any atom is 0.161 e. The Balaban J connectivity index is 1.00. The normalized spacial score (nSPS) is 11.8. The first-order valence-electron chi connectivity index (χ1n) is 23.8. The second-order valence-electron chi connectivity index (χ2n) is 18.0. The van der Waals surface area contributed by atoms with Crippen molar-refractivity contribution < 1.29 is 28.4 Å². The number of aryl methyl sites for hydroxylation is 3. The van der Waals surface area contributed by atoms with Crippen molar-refractivity contribution in [3.8, 4) is 68.7 Å². The highest BCUT2D eigenvalue weighted by Crippen LogP contribution is 2.42. The third kappa shape index (κ3) is 10.7. The average molecular weight is 955 g/mol. The Labute approximate surface area is 419 Å². The average Bonchev–Trinajstić information content (AvgIpc) is 3.46. The standard InChI is InChI=1S/C60H54N6O6/c1-37-7-13-61-49(19-37)52-22-40(10-16-64-52)34-70-58-31-46-25-44-29-56(68-5)60(72-36-42-12-18-66-54(24-42)51-21-39(3)9-15-63-51)33-48(44)27-45-30-57(69-6)59(32-47(45)26-43(46)28-55(58)67-4)71-35-41-11-17-65-53(23-41)50-20-38(2)8-14-62-50/h7-24,28-33H,25-27,34-36H2,1-6H3. The van der Waals surface area contributed by atoms with Crippen molar-refractivity contribution in [2.45, 2.75) is 59.9 Å². The van der Waals surface area contributed by atoms with Crippen LogP contribution in [0.4, 0.5) is 0 Å². The third-order valence-corrected chi connectivity index (χ3v) is 12.8. The van der Waals surface area contributed by atoms with E-state index >= 15 is 0 Å². The smallest absolute Gasteiger partial charge is 0.161 e. The molecule has 6 aromatic heterocycles. The summed E-state index contributed by atoms with van der Waals surface area (Å²) in [5.74, 6) is 3.78. The van der Waals surface area contributed by atoms with Gasteiger partial charge in [-0.05, 0) is 216 Å². The van der Waals surface area contributed by atoms with Gasteiger partial charge in [-0.15, -0.1) is 0 Å². The van der Waals surface area contributed by atoms with Gasteiger partial charge in [-0.25, -0.2) is 0 Å². The predicted molar refractivity (Wildman–Crippen MR) is 277 cm³/mol. The van der Waals surface area contributed by atoms with E-state index in [4.69, 9.17) is 28.4 Å². The van der Waals surface area contributed by atoms with E-state index in [9.17, 15) is 0 Å². The van der Waals surface area contributed by atoms with Gasteiger partial charge in [0, 0.05) is 37.2 Å². The minimum atomic E-state index is 0.297.